The average molecular weight is 461 g/mol. The van der Waals surface area contributed by atoms with Gasteiger partial charge in [-0.15, -0.1) is 0 Å². The van der Waals surface area contributed by atoms with Crippen LogP contribution in [0, 0.1) is 12.8 Å². The summed E-state index contributed by atoms with van der Waals surface area (Å²) in [7, 11) is 0. The quantitative estimate of drug-likeness (QED) is 0.466. The molecule has 0 radical (unpaired) electrons. The van der Waals surface area contributed by atoms with Crippen molar-refractivity contribution in [2.24, 2.45) is 5.92 Å². The Morgan fingerprint density at radius 2 is 1.81 bits per heavy atom. The molecule has 1 saturated heterocycles. The molecule has 1 unspecified atom stereocenters. The fourth-order valence-corrected chi connectivity index (χ4v) is 4.27. The van der Waals surface area contributed by atoms with E-state index in [4.69, 9.17) is 27.6 Å². The average Bonchev–Trinajstić information content (AvgIpc) is 3.16. The van der Waals surface area contributed by atoms with Crippen LogP contribution in [-0.2, 0) is 6.54 Å². The second-order valence-electron chi connectivity index (χ2n) is 8.63. The second-order valence-corrected chi connectivity index (χ2v) is 9.45. The largest absolute Gasteiger partial charge is 0.424 e. The molecule has 0 saturated carbocycles. The smallest absolute Gasteiger partial charge is 0.295 e. The van der Waals surface area contributed by atoms with E-state index in [9.17, 15) is 0 Å². The van der Waals surface area contributed by atoms with Gasteiger partial charge < -0.3 is 14.6 Å². The number of hydrogen-bond donors (Lipinski definition) is 1. The highest BCUT2D eigenvalue weighted by Gasteiger charge is 2.18. The first-order valence-electron chi connectivity index (χ1n) is 11.0. The second kappa shape index (κ2) is 10.2. The first-order valence-corrected chi connectivity index (χ1v) is 11.7. The number of oxazole rings is 1. The number of rotatable bonds is 8. The number of nitrogens with one attached hydrogen (secondary N) is 1. The van der Waals surface area contributed by atoms with E-state index in [1.165, 1.54) is 11.1 Å². The van der Waals surface area contributed by atoms with Crippen molar-refractivity contribution in [2.45, 2.75) is 26.8 Å². The molecule has 0 bridgehead atoms. The van der Waals surface area contributed by atoms with Crippen molar-refractivity contribution in [3.05, 3.63) is 57.6 Å². The summed E-state index contributed by atoms with van der Waals surface area (Å²) < 4.78 is 5.79. The molecular formula is C24H30Cl2N4O. The first-order chi connectivity index (χ1) is 15.0. The Morgan fingerprint density at radius 3 is 2.58 bits per heavy atom. The predicted octanol–water partition coefficient (Wildman–Crippen LogP) is 5.70. The Morgan fingerprint density at radius 1 is 1.03 bits per heavy atom. The van der Waals surface area contributed by atoms with E-state index in [0.717, 1.165) is 63.3 Å². The number of aromatic nitrogens is 1. The van der Waals surface area contributed by atoms with Crippen molar-refractivity contribution in [3.8, 4) is 0 Å². The van der Waals surface area contributed by atoms with Gasteiger partial charge in [0.15, 0.2) is 5.58 Å². The number of aryl methyl sites for hydroxylation is 1. The number of hydrogen-bond acceptors (Lipinski definition) is 5. The highest BCUT2D eigenvalue weighted by Crippen LogP contribution is 2.24. The standard InChI is InChI=1S/C24H30Cl2N4O/c1-17-3-6-23-22(13-17)28-24(31-23)27-15-18(2)7-8-29-9-11-30(12-10-29)16-19-4-5-20(25)21(26)14-19/h3-6,13-14,18H,7-12,15-16H2,1-2H3,(H,27,28). The fourth-order valence-electron chi connectivity index (χ4n) is 3.95. The fraction of sp³-hybridized carbons (Fsp3) is 0.458. The van der Waals surface area contributed by atoms with Gasteiger partial charge in [0.1, 0.15) is 5.52 Å². The number of benzene rings is 2. The highest BCUT2D eigenvalue weighted by molar-refractivity contribution is 6.42. The molecule has 1 aromatic heterocycles. The first kappa shape index (κ1) is 22.4. The monoisotopic (exact) mass is 460 g/mol. The maximum absolute atomic E-state index is 6.14. The van der Waals surface area contributed by atoms with Gasteiger partial charge in [0.25, 0.3) is 6.01 Å². The minimum Gasteiger partial charge on any atom is -0.424 e. The third-order valence-electron chi connectivity index (χ3n) is 5.94. The molecule has 3 aromatic rings. The van der Waals surface area contributed by atoms with Gasteiger partial charge in [0.2, 0.25) is 0 Å². The number of fused-ring (bicyclic) bond motifs is 1. The van der Waals surface area contributed by atoms with E-state index in [1.807, 2.05) is 24.3 Å². The molecule has 0 aliphatic carbocycles. The predicted molar refractivity (Wildman–Crippen MR) is 129 cm³/mol. The molecule has 1 atom stereocenters. The van der Waals surface area contributed by atoms with Gasteiger partial charge >= 0.3 is 0 Å². The summed E-state index contributed by atoms with van der Waals surface area (Å²) in [6.45, 7) is 11.6. The van der Waals surface area contributed by atoms with Crippen LogP contribution in [0.5, 0.6) is 0 Å². The van der Waals surface area contributed by atoms with Crippen LogP contribution in [0.25, 0.3) is 11.1 Å². The van der Waals surface area contributed by atoms with Crippen molar-refractivity contribution >= 4 is 40.3 Å². The number of piperazine rings is 1. The summed E-state index contributed by atoms with van der Waals surface area (Å²) in [4.78, 5) is 9.58. The third-order valence-corrected chi connectivity index (χ3v) is 6.68. The molecule has 0 spiro atoms. The Bertz CT molecular complexity index is 1010. The van der Waals surface area contributed by atoms with Crippen LogP contribution in [0.1, 0.15) is 24.5 Å². The van der Waals surface area contributed by atoms with Crippen molar-refractivity contribution in [3.63, 3.8) is 0 Å². The van der Waals surface area contributed by atoms with Crippen LogP contribution in [0.4, 0.5) is 6.01 Å². The molecule has 2 aromatic carbocycles. The third kappa shape index (κ3) is 6.13. The zero-order valence-electron chi connectivity index (χ0n) is 18.2. The molecule has 0 amide bonds. The highest BCUT2D eigenvalue weighted by atomic mass is 35.5. The van der Waals surface area contributed by atoms with Crippen molar-refractivity contribution in [2.75, 3.05) is 44.6 Å². The van der Waals surface area contributed by atoms with Gasteiger partial charge in [0.05, 0.1) is 10.0 Å². The van der Waals surface area contributed by atoms with Crippen LogP contribution < -0.4 is 5.32 Å². The maximum Gasteiger partial charge on any atom is 0.295 e. The Labute approximate surface area is 194 Å². The minimum absolute atomic E-state index is 0.547. The van der Waals surface area contributed by atoms with Crippen LogP contribution in [-0.4, -0.2) is 54.1 Å². The van der Waals surface area contributed by atoms with Gasteiger partial charge in [-0.05, 0) is 61.2 Å². The molecule has 31 heavy (non-hydrogen) atoms. The molecule has 1 aliphatic heterocycles. The lowest BCUT2D eigenvalue weighted by atomic mass is 10.1. The van der Waals surface area contributed by atoms with Gasteiger partial charge in [-0.25, -0.2) is 0 Å². The lowest BCUT2D eigenvalue weighted by Gasteiger charge is -2.35. The summed E-state index contributed by atoms with van der Waals surface area (Å²) in [6, 6.07) is 12.6. The van der Waals surface area contributed by atoms with Gasteiger partial charge in [-0.2, -0.15) is 4.98 Å². The summed E-state index contributed by atoms with van der Waals surface area (Å²) in [5.41, 5.74) is 4.16. The normalized spacial score (nSPS) is 16.6. The van der Waals surface area contributed by atoms with E-state index in [2.05, 4.69) is 46.1 Å². The molecule has 4 rings (SSSR count). The number of anilines is 1. The van der Waals surface area contributed by atoms with Crippen LogP contribution >= 0.6 is 23.2 Å². The number of halogens is 2. The summed E-state index contributed by atoms with van der Waals surface area (Å²) in [6.07, 6.45) is 1.15. The Balaban J connectivity index is 1.16. The summed E-state index contributed by atoms with van der Waals surface area (Å²) in [5.74, 6) is 0.547. The summed E-state index contributed by atoms with van der Waals surface area (Å²) >= 11 is 12.2. The van der Waals surface area contributed by atoms with Crippen molar-refractivity contribution in [1.82, 2.24) is 14.8 Å². The maximum atomic E-state index is 6.14. The summed E-state index contributed by atoms with van der Waals surface area (Å²) in [5, 5.41) is 4.61. The van der Waals surface area contributed by atoms with E-state index >= 15 is 0 Å². The zero-order chi connectivity index (χ0) is 21.8. The van der Waals surface area contributed by atoms with Crippen molar-refractivity contribution < 1.29 is 4.42 Å². The molecule has 1 N–H and O–H groups in total. The minimum atomic E-state index is 0.547. The molecule has 2 heterocycles. The van der Waals surface area contributed by atoms with Gasteiger partial charge in [-0.1, -0.05) is 42.3 Å². The molecular weight excluding hydrogens is 431 g/mol. The van der Waals surface area contributed by atoms with E-state index < -0.39 is 0 Å². The molecule has 5 nitrogen and oxygen atoms in total. The zero-order valence-corrected chi connectivity index (χ0v) is 19.7. The molecule has 166 valence electrons. The number of nitrogens with zero attached hydrogens (tertiary/aromatic N) is 3. The van der Waals surface area contributed by atoms with Crippen molar-refractivity contribution in [1.29, 1.82) is 0 Å². The SMILES string of the molecule is Cc1ccc2oc(NCC(C)CCN3CCN(Cc4ccc(Cl)c(Cl)c4)CC3)nc2c1. The van der Waals surface area contributed by atoms with Crippen LogP contribution in [0.3, 0.4) is 0 Å². The lowest BCUT2D eigenvalue weighted by Crippen LogP contribution is -2.46. The van der Waals surface area contributed by atoms with Gasteiger partial charge in [-0.3, -0.25) is 4.90 Å². The van der Waals surface area contributed by atoms with E-state index in [0.29, 0.717) is 22.0 Å². The Kier molecular flexibility index (Phi) is 7.39. The lowest BCUT2D eigenvalue weighted by molar-refractivity contribution is 0.123. The van der Waals surface area contributed by atoms with E-state index in [1.54, 1.807) is 0 Å². The van der Waals surface area contributed by atoms with Crippen LogP contribution in [0.2, 0.25) is 10.0 Å². The van der Waals surface area contributed by atoms with E-state index in [-0.39, 0.29) is 0 Å². The topological polar surface area (TPSA) is 44.5 Å². The van der Waals surface area contributed by atoms with Crippen LogP contribution in [0.15, 0.2) is 40.8 Å². The molecule has 1 aliphatic rings. The Hall–Kier alpha value is -1.79. The molecule has 7 heteroatoms. The van der Waals surface area contributed by atoms with Gasteiger partial charge in [0, 0.05) is 39.3 Å². The molecule has 1 fully saturated rings.